The lowest BCUT2D eigenvalue weighted by Crippen LogP contribution is -2.53. The van der Waals surface area contributed by atoms with Gasteiger partial charge in [-0.3, -0.25) is 4.79 Å². The van der Waals surface area contributed by atoms with Gasteiger partial charge in [0.15, 0.2) is 0 Å². The molecule has 1 atom stereocenters. The second kappa shape index (κ2) is 7.84. The molecule has 1 aromatic rings. The average molecular weight is 381 g/mol. The highest BCUT2D eigenvalue weighted by Crippen LogP contribution is 2.24. The number of ether oxygens (including phenoxy) is 1. The van der Waals surface area contributed by atoms with Crippen LogP contribution in [-0.2, 0) is 14.8 Å². The molecule has 0 aliphatic carbocycles. The van der Waals surface area contributed by atoms with E-state index in [1.165, 1.54) is 10.6 Å². The summed E-state index contributed by atoms with van der Waals surface area (Å²) >= 11 is 0. The molecule has 2 aliphatic heterocycles. The molecule has 7 nitrogen and oxygen atoms in total. The molecule has 26 heavy (non-hydrogen) atoms. The summed E-state index contributed by atoms with van der Waals surface area (Å²) in [5, 5.41) is 0. The van der Waals surface area contributed by atoms with Gasteiger partial charge < -0.3 is 14.5 Å². The van der Waals surface area contributed by atoms with E-state index < -0.39 is 10.0 Å². The van der Waals surface area contributed by atoms with Crippen LogP contribution >= 0.6 is 0 Å². The van der Waals surface area contributed by atoms with Crippen molar-refractivity contribution in [3.8, 4) is 5.75 Å². The van der Waals surface area contributed by atoms with Crippen molar-refractivity contribution in [2.24, 2.45) is 5.92 Å². The number of anilines is 1. The normalized spacial score (nSPS) is 22.3. The van der Waals surface area contributed by atoms with Gasteiger partial charge in [0.1, 0.15) is 5.75 Å². The smallest absolute Gasteiger partial charge is 0.227 e. The molecule has 0 N–H and O–H groups in total. The first kappa shape index (κ1) is 19.0. The Morgan fingerprint density at radius 2 is 1.73 bits per heavy atom. The van der Waals surface area contributed by atoms with E-state index in [9.17, 15) is 13.2 Å². The highest BCUT2D eigenvalue weighted by atomic mass is 32.2. The minimum atomic E-state index is -3.23. The highest BCUT2D eigenvalue weighted by Gasteiger charge is 2.33. The summed E-state index contributed by atoms with van der Waals surface area (Å²) in [6, 6.07) is 7.94. The first-order valence-corrected chi connectivity index (χ1v) is 10.9. The third-order valence-electron chi connectivity index (χ3n) is 5.23. The van der Waals surface area contributed by atoms with Crippen molar-refractivity contribution >= 4 is 21.6 Å². The molecular formula is C18H27N3O4S. The van der Waals surface area contributed by atoms with Crippen LogP contribution in [0.15, 0.2) is 24.3 Å². The molecule has 0 spiro atoms. The molecule has 1 amide bonds. The number of nitrogens with zero attached hydrogens (tertiary/aromatic N) is 3. The van der Waals surface area contributed by atoms with Gasteiger partial charge in [-0.1, -0.05) is 0 Å². The van der Waals surface area contributed by atoms with Crippen molar-refractivity contribution in [1.29, 1.82) is 0 Å². The maximum Gasteiger partial charge on any atom is 0.227 e. The summed E-state index contributed by atoms with van der Waals surface area (Å²) in [5.41, 5.74) is 1.12. The highest BCUT2D eigenvalue weighted by molar-refractivity contribution is 7.88. The second-order valence-electron chi connectivity index (χ2n) is 6.97. The summed E-state index contributed by atoms with van der Waals surface area (Å²) in [6.45, 7) is 3.73. The Morgan fingerprint density at radius 3 is 2.31 bits per heavy atom. The van der Waals surface area contributed by atoms with Crippen LogP contribution in [0.1, 0.15) is 12.8 Å². The molecule has 1 aromatic carbocycles. The van der Waals surface area contributed by atoms with E-state index in [-0.39, 0.29) is 11.8 Å². The van der Waals surface area contributed by atoms with Crippen molar-refractivity contribution < 1.29 is 17.9 Å². The van der Waals surface area contributed by atoms with Crippen LogP contribution in [0.3, 0.4) is 0 Å². The van der Waals surface area contributed by atoms with Gasteiger partial charge in [-0.2, -0.15) is 0 Å². The van der Waals surface area contributed by atoms with Gasteiger partial charge in [0.2, 0.25) is 15.9 Å². The third-order valence-corrected chi connectivity index (χ3v) is 6.50. The number of hydrogen-bond acceptors (Lipinski definition) is 5. The van der Waals surface area contributed by atoms with Crippen LogP contribution in [-0.4, -0.2) is 76.2 Å². The van der Waals surface area contributed by atoms with Crippen LogP contribution in [0.25, 0.3) is 0 Å². The predicted octanol–water partition coefficient (Wildman–Crippen LogP) is 1.02. The molecule has 0 aromatic heterocycles. The number of carbonyl (C=O) groups excluding carboxylic acids is 1. The number of hydrogen-bond donors (Lipinski definition) is 0. The molecule has 0 radical (unpaired) electrons. The standard InChI is InChI=1S/C18H27N3O4S/c1-25-17-7-5-16(6-8-17)19-10-12-20(13-11-19)18(22)15-4-3-9-21(14-15)26(2,23)24/h5-8,15H,3-4,9-14H2,1-2H3/t15-/m1/s1. The molecule has 0 saturated carbocycles. The Labute approximate surface area is 155 Å². The minimum absolute atomic E-state index is 0.0905. The summed E-state index contributed by atoms with van der Waals surface area (Å²) in [7, 11) is -1.58. The first-order chi connectivity index (χ1) is 12.4. The zero-order chi connectivity index (χ0) is 18.7. The van der Waals surface area contributed by atoms with Crippen LogP contribution < -0.4 is 9.64 Å². The quantitative estimate of drug-likeness (QED) is 0.779. The molecule has 0 unspecified atom stereocenters. The fourth-order valence-electron chi connectivity index (χ4n) is 3.68. The number of piperidine rings is 1. The van der Waals surface area contributed by atoms with Crippen molar-refractivity contribution in [3.63, 3.8) is 0 Å². The fourth-order valence-corrected chi connectivity index (χ4v) is 4.59. The van der Waals surface area contributed by atoms with Gasteiger partial charge in [-0.25, -0.2) is 12.7 Å². The second-order valence-corrected chi connectivity index (χ2v) is 8.95. The molecule has 2 fully saturated rings. The third kappa shape index (κ3) is 4.29. The summed E-state index contributed by atoms with van der Waals surface area (Å²) < 4.78 is 30.1. The van der Waals surface area contributed by atoms with Gasteiger partial charge in [0.05, 0.1) is 19.3 Å². The van der Waals surface area contributed by atoms with Crippen LogP contribution in [0, 0.1) is 5.92 Å². The van der Waals surface area contributed by atoms with E-state index in [4.69, 9.17) is 4.74 Å². The van der Waals surface area contributed by atoms with E-state index in [2.05, 4.69) is 4.90 Å². The van der Waals surface area contributed by atoms with Gasteiger partial charge in [-0.05, 0) is 37.1 Å². The number of benzene rings is 1. The zero-order valence-corrected chi connectivity index (χ0v) is 16.2. The van der Waals surface area contributed by atoms with Crippen LogP contribution in [0.4, 0.5) is 5.69 Å². The number of rotatable bonds is 4. The van der Waals surface area contributed by atoms with Gasteiger partial charge in [-0.15, -0.1) is 0 Å². The first-order valence-electron chi connectivity index (χ1n) is 9.01. The van der Waals surface area contributed by atoms with Gasteiger partial charge in [0.25, 0.3) is 0 Å². The van der Waals surface area contributed by atoms with Crippen molar-refractivity contribution in [2.45, 2.75) is 12.8 Å². The number of methoxy groups -OCH3 is 1. The Kier molecular flexibility index (Phi) is 5.72. The molecular weight excluding hydrogens is 354 g/mol. The van der Waals surface area contributed by atoms with Crippen molar-refractivity contribution in [1.82, 2.24) is 9.21 Å². The molecule has 0 bridgehead atoms. The molecule has 8 heteroatoms. The van der Waals surface area contributed by atoms with Gasteiger partial charge >= 0.3 is 0 Å². The maximum atomic E-state index is 12.8. The lowest BCUT2D eigenvalue weighted by atomic mass is 9.97. The molecule has 144 valence electrons. The van der Waals surface area contributed by atoms with Crippen LogP contribution in [0.2, 0.25) is 0 Å². The summed E-state index contributed by atoms with van der Waals surface area (Å²) in [4.78, 5) is 17.0. The van der Waals surface area contributed by atoms with E-state index in [0.717, 1.165) is 37.4 Å². The van der Waals surface area contributed by atoms with Crippen molar-refractivity contribution in [3.05, 3.63) is 24.3 Å². The van der Waals surface area contributed by atoms with Crippen LogP contribution in [0.5, 0.6) is 5.75 Å². The number of sulfonamides is 1. The topological polar surface area (TPSA) is 70.2 Å². The van der Waals surface area contributed by atoms with Gasteiger partial charge in [0, 0.05) is 45.0 Å². The monoisotopic (exact) mass is 381 g/mol. The molecule has 2 saturated heterocycles. The Bertz CT molecular complexity index is 727. The SMILES string of the molecule is COc1ccc(N2CCN(C(=O)[C@@H]3CCCN(S(C)(=O)=O)C3)CC2)cc1. The van der Waals surface area contributed by atoms with Crippen molar-refractivity contribution in [2.75, 3.05) is 57.5 Å². The Balaban J connectivity index is 1.56. The number of carbonyl (C=O) groups is 1. The largest absolute Gasteiger partial charge is 0.497 e. The zero-order valence-electron chi connectivity index (χ0n) is 15.4. The number of piperazine rings is 1. The maximum absolute atomic E-state index is 12.8. The molecule has 2 heterocycles. The Morgan fingerprint density at radius 1 is 1.08 bits per heavy atom. The van der Waals surface area contributed by atoms with E-state index in [1.807, 2.05) is 29.2 Å². The number of amides is 1. The predicted molar refractivity (Wildman–Crippen MR) is 101 cm³/mol. The fraction of sp³-hybridized carbons (Fsp3) is 0.611. The molecule has 2 aliphatic rings. The molecule has 3 rings (SSSR count). The minimum Gasteiger partial charge on any atom is -0.497 e. The Hall–Kier alpha value is -1.80. The van der Waals surface area contributed by atoms with E-state index in [0.29, 0.717) is 26.2 Å². The van der Waals surface area contributed by atoms with E-state index in [1.54, 1.807) is 7.11 Å². The lowest BCUT2D eigenvalue weighted by molar-refractivity contribution is -0.137. The summed E-state index contributed by atoms with van der Waals surface area (Å²) in [5.74, 6) is 0.703. The lowest BCUT2D eigenvalue weighted by Gasteiger charge is -2.39. The summed E-state index contributed by atoms with van der Waals surface area (Å²) in [6.07, 6.45) is 2.73. The van der Waals surface area contributed by atoms with E-state index >= 15 is 0 Å². The average Bonchev–Trinajstić information content (AvgIpc) is 2.67.